The molecule has 20 heavy (non-hydrogen) atoms. The molecule has 2 aromatic rings. The zero-order valence-electron chi connectivity index (χ0n) is 12.5. The second-order valence-corrected chi connectivity index (χ2v) is 6.33. The van der Waals surface area contributed by atoms with Crippen molar-refractivity contribution in [3.05, 3.63) is 34.5 Å². The van der Waals surface area contributed by atoms with Gasteiger partial charge in [-0.3, -0.25) is 0 Å². The molecule has 1 N–H and O–H groups in total. The molecule has 110 valence electrons. The Balaban J connectivity index is 2.02. The average molecular weight is 292 g/mol. The highest BCUT2D eigenvalue weighted by Gasteiger charge is 2.14. The van der Waals surface area contributed by atoms with E-state index in [0.29, 0.717) is 12.0 Å². The topological polar surface area (TPSA) is 42.7 Å². The highest BCUT2D eigenvalue weighted by molar-refractivity contribution is 7.07. The van der Waals surface area contributed by atoms with Crippen LogP contribution in [0.15, 0.2) is 23.2 Å². The van der Waals surface area contributed by atoms with Crippen molar-refractivity contribution >= 4 is 11.3 Å². The van der Waals surface area contributed by atoms with Crippen LogP contribution in [0.3, 0.4) is 0 Å². The number of nitrogens with one attached hydrogen (secondary N) is 1. The Labute approximate surface area is 125 Å². The number of likely N-dealkylation sites (N-methyl/N-ethyl adjacent to an activating group) is 1. The van der Waals surface area contributed by atoms with Gasteiger partial charge in [-0.1, -0.05) is 20.8 Å². The smallest absolute Gasteiger partial charge is 0.138 e. The first-order chi connectivity index (χ1) is 9.69. The van der Waals surface area contributed by atoms with Gasteiger partial charge >= 0.3 is 0 Å². The Bertz CT molecular complexity index is 490. The predicted octanol–water partition coefficient (Wildman–Crippen LogP) is 2.76. The summed E-state index contributed by atoms with van der Waals surface area (Å²) in [4.78, 5) is 4.44. The molecule has 2 aromatic heterocycles. The van der Waals surface area contributed by atoms with Crippen LogP contribution in [0.2, 0.25) is 0 Å². The summed E-state index contributed by atoms with van der Waals surface area (Å²) in [6.45, 7) is 8.48. The molecule has 0 saturated carbocycles. The SMILES string of the molecule is CCNC(Cc1ccsc1)Cc1ncnn1CC(C)C. The maximum atomic E-state index is 4.44. The summed E-state index contributed by atoms with van der Waals surface area (Å²) in [7, 11) is 0. The van der Waals surface area contributed by atoms with Crippen LogP contribution in [0.25, 0.3) is 0 Å². The van der Waals surface area contributed by atoms with Gasteiger partial charge in [0.05, 0.1) is 0 Å². The van der Waals surface area contributed by atoms with E-state index in [0.717, 1.165) is 31.8 Å². The average Bonchev–Trinajstić information content (AvgIpc) is 3.02. The van der Waals surface area contributed by atoms with Crippen LogP contribution in [0, 0.1) is 5.92 Å². The number of thiophene rings is 1. The highest BCUT2D eigenvalue weighted by Crippen LogP contribution is 2.12. The number of rotatable bonds is 8. The van der Waals surface area contributed by atoms with Crippen LogP contribution < -0.4 is 5.32 Å². The minimum Gasteiger partial charge on any atom is -0.313 e. The molecule has 0 aliphatic carbocycles. The third-order valence-corrected chi connectivity index (χ3v) is 3.95. The van der Waals surface area contributed by atoms with E-state index in [1.807, 2.05) is 4.68 Å². The van der Waals surface area contributed by atoms with Crippen LogP contribution in [-0.2, 0) is 19.4 Å². The largest absolute Gasteiger partial charge is 0.313 e. The zero-order chi connectivity index (χ0) is 14.4. The van der Waals surface area contributed by atoms with E-state index in [1.165, 1.54) is 5.56 Å². The molecule has 0 saturated heterocycles. The fraction of sp³-hybridized carbons (Fsp3) is 0.600. The summed E-state index contributed by atoms with van der Waals surface area (Å²) < 4.78 is 2.04. The number of hydrogen-bond donors (Lipinski definition) is 1. The molecule has 4 nitrogen and oxygen atoms in total. The van der Waals surface area contributed by atoms with E-state index in [2.05, 4.69) is 53.0 Å². The van der Waals surface area contributed by atoms with E-state index in [-0.39, 0.29) is 0 Å². The molecule has 0 fully saturated rings. The molecule has 0 aromatic carbocycles. The van der Waals surface area contributed by atoms with Crippen molar-refractivity contribution in [1.29, 1.82) is 0 Å². The lowest BCUT2D eigenvalue weighted by Crippen LogP contribution is -2.34. The summed E-state index contributed by atoms with van der Waals surface area (Å²) in [5.41, 5.74) is 1.40. The van der Waals surface area contributed by atoms with Gasteiger partial charge in [-0.2, -0.15) is 16.4 Å². The lowest BCUT2D eigenvalue weighted by atomic mass is 10.1. The fourth-order valence-electron chi connectivity index (χ4n) is 2.36. The molecule has 5 heteroatoms. The molecule has 0 amide bonds. The number of nitrogens with zero attached hydrogens (tertiary/aromatic N) is 3. The fourth-order valence-corrected chi connectivity index (χ4v) is 3.04. The van der Waals surface area contributed by atoms with Gasteiger partial charge in [0.25, 0.3) is 0 Å². The Morgan fingerprint density at radius 3 is 2.85 bits per heavy atom. The molecule has 0 bridgehead atoms. The second kappa shape index (κ2) is 7.55. The molecule has 1 unspecified atom stereocenters. The Kier molecular flexibility index (Phi) is 5.73. The minimum atomic E-state index is 0.421. The van der Waals surface area contributed by atoms with E-state index in [9.17, 15) is 0 Å². The molecule has 0 aliphatic heterocycles. The Hall–Kier alpha value is -1.20. The summed E-state index contributed by atoms with van der Waals surface area (Å²) >= 11 is 1.76. The zero-order valence-corrected chi connectivity index (χ0v) is 13.4. The first-order valence-electron chi connectivity index (χ1n) is 7.30. The second-order valence-electron chi connectivity index (χ2n) is 5.55. The normalized spacial score (nSPS) is 13.0. The maximum Gasteiger partial charge on any atom is 0.138 e. The number of hydrogen-bond acceptors (Lipinski definition) is 4. The van der Waals surface area contributed by atoms with Gasteiger partial charge in [0.2, 0.25) is 0 Å². The van der Waals surface area contributed by atoms with Crippen molar-refractivity contribution in [3.8, 4) is 0 Å². The van der Waals surface area contributed by atoms with Gasteiger partial charge in [-0.05, 0) is 41.3 Å². The minimum absolute atomic E-state index is 0.421. The van der Waals surface area contributed by atoms with Gasteiger partial charge < -0.3 is 5.32 Å². The van der Waals surface area contributed by atoms with Crippen LogP contribution in [0.4, 0.5) is 0 Å². The molecule has 0 radical (unpaired) electrons. The summed E-state index contributed by atoms with van der Waals surface area (Å²) in [5.74, 6) is 1.67. The highest BCUT2D eigenvalue weighted by atomic mass is 32.1. The van der Waals surface area contributed by atoms with Crippen molar-refractivity contribution < 1.29 is 0 Å². The van der Waals surface area contributed by atoms with Crippen LogP contribution in [0.1, 0.15) is 32.2 Å². The van der Waals surface area contributed by atoms with E-state index < -0.39 is 0 Å². The standard InChI is InChI=1S/C15H24N4S/c1-4-16-14(7-13-5-6-20-10-13)8-15-17-11-18-19(15)9-12(2)3/h5-6,10-12,14,16H,4,7-9H2,1-3H3. The molecule has 2 heterocycles. The summed E-state index contributed by atoms with van der Waals surface area (Å²) in [5, 5.41) is 12.3. The van der Waals surface area contributed by atoms with Gasteiger partial charge in [-0.25, -0.2) is 9.67 Å². The van der Waals surface area contributed by atoms with Crippen molar-refractivity contribution in [2.24, 2.45) is 5.92 Å². The molecule has 0 aliphatic rings. The lowest BCUT2D eigenvalue weighted by molar-refractivity contribution is 0.441. The number of aromatic nitrogens is 3. The molecular weight excluding hydrogens is 268 g/mol. The Morgan fingerprint density at radius 2 is 2.20 bits per heavy atom. The Morgan fingerprint density at radius 1 is 1.35 bits per heavy atom. The van der Waals surface area contributed by atoms with Crippen LogP contribution in [-0.4, -0.2) is 27.4 Å². The maximum absolute atomic E-state index is 4.44. The first kappa shape index (κ1) is 15.2. The monoisotopic (exact) mass is 292 g/mol. The van der Waals surface area contributed by atoms with Crippen molar-refractivity contribution in [1.82, 2.24) is 20.1 Å². The molecule has 1 atom stereocenters. The van der Waals surface area contributed by atoms with Crippen LogP contribution in [0.5, 0.6) is 0 Å². The van der Waals surface area contributed by atoms with E-state index in [1.54, 1.807) is 17.7 Å². The lowest BCUT2D eigenvalue weighted by Gasteiger charge is -2.18. The van der Waals surface area contributed by atoms with Gasteiger partial charge in [0.1, 0.15) is 12.2 Å². The third kappa shape index (κ3) is 4.42. The summed E-state index contributed by atoms with van der Waals surface area (Å²) in [6, 6.07) is 2.62. The van der Waals surface area contributed by atoms with Crippen molar-refractivity contribution in [2.45, 2.75) is 46.2 Å². The van der Waals surface area contributed by atoms with Gasteiger partial charge in [0.15, 0.2) is 0 Å². The molecule has 2 rings (SSSR count). The third-order valence-electron chi connectivity index (χ3n) is 3.22. The van der Waals surface area contributed by atoms with Gasteiger partial charge in [-0.15, -0.1) is 0 Å². The van der Waals surface area contributed by atoms with Gasteiger partial charge in [0, 0.05) is 19.0 Å². The molecular formula is C15H24N4S. The molecule has 0 spiro atoms. The van der Waals surface area contributed by atoms with E-state index in [4.69, 9.17) is 0 Å². The predicted molar refractivity (Wildman–Crippen MR) is 84.1 cm³/mol. The summed E-state index contributed by atoms with van der Waals surface area (Å²) in [6.07, 6.45) is 3.65. The van der Waals surface area contributed by atoms with E-state index >= 15 is 0 Å². The van der Waals surface area contributed by atoms with Crippen molar-refractivity contribution in [3.63, 3.8) is 0 Å². The van der Waals surface area contributed by atoms with Crippen LogP contribution >= 0.6 is 11.3 Å². The quantitative estimate of drug-likeness (QED) is 0.813. The van der Waals surface area contributed by atoms with Crippen molar-refractivity contribution in [2.75, 3.05) is 6.54 Å². The first-order valence-corrected chi connectivity index (χ1v) is 8.24.